The summed E-state index contributed by atoms with van der Waals surface area (Å²) in [6.45, 7) is 8.19. The summed E-state index contributed by atoms with van der Waals surface area (Å²) >= 11 is 0. The fourth-order valence-electron chi connectivity index (χ4n) is 2.00. The van der Waals surface area contributed by atoms with Crippen LogP contribution in [-0.2, 0) is 7.05 Å². The highest BCUT2D eigenvalue weighted by Crippen LogP contribution is 2.21. The van der Waals surface area contributed by atoms with Crippen LogP contribution in [-0.4, -0.2) is 9.55 Å². The Kier molecular flexibility index (Phi) is 6.07. The van der Waals surface area contributed by atoms with Gasteiger partial charge in [-0.1, -0.05) is 57.2 Å². The first-order valence-corrected chi connectivity index (χ1v) is 6.95. The molecule has 0 spiro atoms. The van der Waals surface area contributed by atoms with Crippen molar-refractivity contribution in [2.24, 2.45) is 7.05 Å². The standard InChI is InChI=1S/C15H18N2.C2H6/c1-4-5-6-9-12(2)15-16-13-10-7-8-11-14(13)17(15)3;1-2/h4-12H,1-3H3;1-2H3/b5-4-,9-6-;. The summed E-state index contributed by atoms with van der Waals surface area (Å²) in [5, 5.41) is 0. The van der Waals surface area contributed by atoms with Gasteiger partial charge in [-0.25, -0.2) is 4.98 Å². The van der Waals surface area contributed by atoms with Crippen molar-refractivity contribution in [3.8, 4) is 0 Å². The van der Waals surface area contributed by atoms with Gasteiger partial charge in [0.05, 0.1) is 11.0 Å². The molecule has 0 amide bonds. The normalized spacial score (nSPS) is 12.9. The Morgan fingerprint density at radius 3 is 2.47 bits per heavy atom. The van der Waals surface area contributed by atoms with Gasteiger partial charge in [-0.2, -0.15) is 0 Å². The number of nitrogens with zero attached hydrogens (tertiary/aromatic N) is 2. The molecular formula is C17H24N2. The molecule has 0 saturated carbocycles. The molecule has 0 fully saturated rings. The zero-order chi connectivity index (χ0) is 14.3. The van der Waals surface area contributed by atoms with E-state index in [2.05, 4.69) is 47.8 Å². The van der Waals surface area contributed by atoms with Gasteiger partial charge in [0.25, 0.3) is 0 Å². The van der Waals surface area contributed by atoms with Crippen LogP contribution in [0.25, 0.3) is 11.0 Å². The van der Waals surface area contributed by atoms with Gasteiger partial charge >= 0.3 is 0 Å². The van der Waals surface area contributed by atoms with E-state index in [0.717, 1.165) is 11.3 Å². The summed E-state index contributed by atoms with van der Waals surface area (Å²) in [7, 11) is 2.07. The number of aryl methyl sites for hydroxylation is 1. The lowest BCUT2D eigenvalue weighted by Gasteiger charge is -2.06. The highest BCUT2D eigenvalue weighted by molar-refractivity contribution is 5.75. The predicted octanol–water partition coefficient (Wildman–Crippen LogP) is 4.84. The molecule has 0 aliphatic rings. The van der Waals surface area contributed by atoms with Crippen molar-refractivity contribution in [2.75, 3.05) is 0 Å². The van der Waals surface area contributed by atoms with Gasteiger partial charge in [-0.05, 0) is 19.1 Å². The molecule has 0 bridgehead atoms. The molecule has 1 aromatic heterocycles. The average molecular weight is 256 g/mol. The highest BCUT2D eigenvalue weighted by Gasteiger charge is 2.11. The van der Waals surface area contributed by atoms with Gasteiger partial charge in [-0.15, -0.1) is 0 Å². The van der Waals surface area contributed by atoms with E-state index in [1.807, 2.05) is 45.1 Å². The molecule has 2 aromatic rings. The van der Waals surface area contributed by atoms with Gasteiger partial charge in [0, 0.05) is 13.0 Å². The average Bonchev–Trinajstić information content (AvgIpc) is 2.79. The maximum absolute atomic E-state index is 4.68. The SMILES string of the molecule is C/C=C\C=C/C(C)c1nc2ccccc2n1C.CC. The number of hydrogen-bond acceptors (Lipinski definition) is 1. The molecule has 0 saturated heterocycles. The van der Waals surface area contributed by atoms with Crippen LogP contribution in [0.4, 0.5) is 0 Å². The Labute approximate surface area is 116 Å². The van der Waals surface area contributed by atoms with Crippen molar-refractivity contribution in [1.29, 1.82) is 0 Å². The first kappa shape index (κ1) is 15.2. The van der Waals surface area contributed by atoms with E-state index in [4.69, 9.17) is 0 Å². The summed E-state index contributed by atoms with van der Waals surface area (Å²) in [5.74, 6) is 1.43. The lowest BCUT2D eigenvalue weighted by Crippen LogP contribution is -2.00. The van der Waals surface area contributed by atoms with Crippen LogP contribution in [0.5, 0.6) is 0 Å². The van der Waals surface area contributed by atoms with Crippen molar-refractivity contribution in [2.45, 2.75) is 33.6 Å². The molecule has 0 aliphatic carbocycles. The number of allylic oxidation sites excluding steroid dienone is 4. The zero-order valence-electron chi connectivity index (χ0n) is 12.6. The Hall–Kier alpha value is -1.83. The van der Waals surface area contributed by atoms with E-state index >= 15 is 0 Å². The second-order valence-corrected chi connectivity index (χ2v) is 4.22. The number of para-hydroxylation sites is 2. The quantitative estimate of drug-likeness (QED) is 0.719. The van der Waals surface area contributed by atoms with Crippen molar-refractivity contribution in [1.82, 2.24) is 9.55 Å². The Balaban J connectivity index is 0.000000861. The minimum atomic E-state index is 0.323. The molecule has 0 N–H and O–H groups in total. The van der Waals surface area contributed by atoms with E-state index in [1.54, 1.807) is 0 Å². The van der Waals surface area contributed by atoms with Crippen molar-refractivity contribution in [3.05, 3.63) is 54.4 Å². The van der Waals surface area contributed by atoms with Crippen molar-refractivity contribution in [3.63, 3.8) is 0 Å². The molecule has 19 heavy (non-hydrogen) atoms. The van der Waals surface area contributed by atoms with E-state index in [1.165, 1.54) is 5.52 Å². The molecule has 1 heterocycles. The molecule has 102 valence electrons. The second-order valence-electron chi connectivity index (χ2n) is 4.22. The topological polar surface area (TPSA) is 17.8 Å². The summed E-state index contributed by atoms with van der Waals surface area (Å²) in [4.78, 5) is 4.68. The largest absolute Gasteiger partial charge is 0.331 e. The minimum absolute atomic E-state index is 0.323. The third-order valence-corrected chi connectivity index (χ3v) is 2.93. The Morgan fingerprint density at radius 2 is 1.84 bits per heavy atom. The van der Waals surface area contributed by atoms with Gasteiger partial charge in [0.15, 0.2) is 0 Å². The molecule has 0 radical (unpaired) electrons. The Morgan fingerprint density at radius 1 is 1.16 bits per heavy atom. The molecular weight excluding hydrogens is 232 g/mol. The monoisotopic (exact) mass is 256 g/mol. The molecule has 0 aliphatic heterocycles. The van der Waals surface area contributed by atoms with E-state index in [9.17, 15) is 0 Å². The molecule has 2 nitrogen and oxygen atoms in total. The number of benzene rings is 1. The van der Waals surface area contributed by atoms with E-state index in [-0.39, 0.29) is 0 Å². The third kappa shape index (κ3) is 3.57. The van der Waals surface area contributed by atoms with Gasteiger partial charge in [0.1, 0.15) is 5.82 Å². The number of fused-ring (bicyclic) bond motifs is 1. The summed E-state index contributed by atoms with van der Waals surface area (Å²) in [5.41, 5.74) is 2.25. The van der Waals surface area contributed by atoms with Crippen molar-refractivity contribution >= 4 is 11.0 Å². The number of hydrogen-bond donors (Lipinski definition) is 0. The van der Waals surface area contributed by atoms with Crippen LogP contribution in [0.2, 0.25) is 0 Å². The van der Waals surface area contributed by atoms with Crippen LogP contribution in [0, 0.1) is 0 Å². The van der Waals surface area contributed by atoms with Gasteiger partial charge < -0.3 is 4.57 Å². The summed E-state index contributed by atoms with van der Waals surface area (Å²) in [6.07, 6.45) is 8.31. The second kappa shape index (κ2) is 7.57. The highest BCUT2D eigenvalue weighted by atomic mass is 15.1. The molecule has 1 atom stereocenters. The maximum atomic E-state index is 4.68. The first-order valence-electron chi connectivity index (χ1n) is 6.95. The lowest BCUT2D eigenvalue weighted by atomic mass is 10.1. The fourth-order valence-corrected chi connectivity index (χ4v) is 2.00. The van der Waals surface area contributed by atoms with Crippen LogP contribution >= 0.6 is 0 Å². The molecule has 1 aromatic carbocycles. The number of imidazole rings is 1. The van der Waals surface area contributed by atoms with Gasteiger partial charge in [-0.3, -0.25) is 0 Å². The molecule has 2 rings (SSSR count). The summed E-state index contributed by atoms with van der Waals surface area (Å²) < 4.78 is 2.17. The van der Waals surface area contributed by atoms with Crippen LogP contribution < -0.4 is 0 Å². The number of aromatic nitrogens is 2. The smallest absolute Gasteiger partial charge is 0.116 e. The fraction of sp³-hybridized carbons (Fsp3) is 0.353. The lowest BCUT2D eigenvalue weighted by molar-refractivity contribution is 0.770. The number of rotatable bonds is 3. The molecule has 1 unspecified atom stereocenters. The zero-order valence-corrected chi connectivity index (χ0v) is 12.6. The first-order chi connectivity index (χ1) is 9.24. The van der Waals surface area contributed by atoms with E-state index < -0.39 is 0 Å². The molecule has 2 heteroatoms. The maximum Gasteiger partial charge on any atom is 0.116 e. The van der Waals surface area contributed by atoms with Crippen LogP contribution in [0.1, 0.15) is 39.4 Å². The van der Waals surface area contributed by atoms with E-state index in [0.29, 0.717) is 5.92 Å². The van der Waals surface area contributed by atoms with Crippen molar-refractivity contribution < 1.29 is 0 Å². The minimum Gasteiger partial charge on any atom is -0.331 e. The third-order valence-electron chi connectivity index (χ3n) is 2.93. The summed E-state index contributed by atoms with van der Waals surface area (Å²) in [6, 6.07) is 8.24. The van der Waals surface area contributed by atoms with Crippen LogP contribution in [0.15, 0.2) is 48.6 Å². The van der Waals surface area contributed by atoms with Crippen LogP contribution in [0.3, 0.4) is 0 Å². The van der Waals surface area contributed by atoms with Gasteiger partial charge in [0.2, 0.25) is 0 Å². The predicted molar refractivity (Wildman–Crippen MR) is 84.4 cm³/mol. The Bertz CT molecular complexity index is 562.